The van der Waals surface area contributed by atoms with Gasteiger partial charge < -0.3 is 14.2 Å². The molecule has 0 radical (unpaired) electrons. The summed E-state index contributed by atoms with van der Waals surface area (Å²) in [5.74, 6) is -0.680. The van der Waals surface area contributed by atoms with Crippen LogP contribution in [0.5, 0.6) is 0 Å². The fourth-order valence-corrected chi connectivity index (χ4v) is 3.24. The standard InChI is InChI=1S/C21H22N2O4/c1-14(2)22(13-20(25)27-3)19(24)12-23-17-10-6-4-8-15(17)21(26)16-9-5-7-11-18(16)23/h4-11,14H,12-13H2,1-3H3. The molecule has 2 aromatic carbocycles. The van der Waals surface area contributed by atoms with Crippen molar-refractivity contribution < 1.29 is 14.3 Å². The van der Waals surface area contributed by atoms with E-state index in [1.54, 1.807) is 12.1 Å². The first kappa shape index (κ1) is 18.6. The van der Waals surface area contributed by atoms with Gasteiger partial charge in [-0.15, -0.1) is 0 Å². The lowest BCUT2D eigenvalue weighted by Gasteiger charge is -2.26. The second-order valence-corrected chi connectivity index (χ2v) is 6.64. The Balaban J connectivity index is 2.12. The molecule has 140 valence electrons. The number of carbonyl (C=O) groups is 2. The molecule has 0 saturated heterocycles. The first-order chi connectivity index (χ1) is 12.9. The maximum atomic E-state index is 13.0. The summed E-state index contributed by atoms with van der Waals surface area (Å²) in [5, 5.41) is 1.13. The normalized spacial score (nSPS) is 11.1. The molecule has 0 unspecified atom stereocenters. The maximum Gasteiger partial charge on any atom is 0.325 e. The Morgan fingerprint density at radius 3 is 2.00 bits per heavy atom. The number of aromatic nitrogens is 1. The molecular formula is C21H22N2O4. The van der Waals surface area contributed by atoms with Crippen LogP contribution in [0, 0.1) is 0 Å². The number of benzene rings is 2. The third-order valence-corrected chi connectivity index (χ3v) is 4.64. The lowest BCUT2D eigenvalue weighted by molar-refractivity contribution is -0.148. The van der Waals surface area contributed by atoms with Crippen LogP contribution in [0.25, 0.3) is 21.8 Å². The number of nitrogens with zero attached hydrogens (tertiary/aromatic N) is 2. The molecular weight excluding hydrogens is 344 g/mol. The highest BCUT2D eigenvalue weighted by atomic mass is 16.5. The van der Waals surface area contributed by atoms with E-state index in [9.17, 15) is 14.4 Å². The van der Waals surface area contributed by atoms with Gasteiger partial charge in [-0.25, -0.2) is 0 Å². The zero-order valence-corrected chi connectivity index (χ0v) is 15.6. The SMILES string of the molecule is COC(=O)CN(C(=O)Cn1c2ccccc2c(=O)c2ccccc21)C(C)C. The average Bonchev–Trinajstić information content (AvgIpc) is 2.68. The van der Waals surface area contributed by atoms with Gasteiger partial charge in [0.1, 0.15) is 13.1 Å². The molecule has 6 heteroatoms. The van der Waals surface area contributed by atoms with Crippen LogP contribution in [0.4, 0.5) is 0 Å². The van der Waals surface area contributed by atoms with Crippen molar-refractivity contribution in [1.29, 1.82) is 0 Å². The first-order valence-electron chi connectivity index (χ1n) is 8.80. The highest BCUT2D eigenvalue weighted by molar-refractivity contribution is 5.95. The molecule has 0 N–H and O–H groups in total. The molecule has 0 fully saturated rings. The molecule has 0 aliphatic carbocycles. The van der Waals surface area contributed by atoms with Gasteiger partial charge in [0.15, 0.2) is 5.43 Å². The quantitative estimate of drug-likeness (QED) is 0.514. The van der Waals surface area contributed by atoms with Crippen molar-refractivity contribution >= 4 is 33.7 Å². The zero-order valence-electron chi connectivity index (χ0n) is 15.6. The van der Waals surface area contributed by atoms with E-state index in [1.807, 2.05) is 54.8 Å². The van der Waals surface area contributed by atoms with Crippen LogP contribution >= 0.6 is 0 Å². The summed E-state index contributed by atoms with van der Waals surface area (Å²) in [6.45, 7) is 3.62. The molecule has 0 saturated carbocycles. The summed E-state index contributed by atoms with van der Waals surface area (Å²) in [6, 6.07) is 14.3. The van der Waals surface area contributed by atoms with Gasteiger partial charge in [0.25, 0.3) is 0 Å². The van der Waals surface area contributed by atoms with Crippen LogP contribution in [0.1, 0.15) is 13.8 Å². The van der Waals surface area contributed by atoms with Crippen LogP contribution in [0.3, 0.4) is 0 Å². The number of para-hydroxylation sites is 2. The Kier molecular flexibility index (Phi) is 5.26. The van der Waals surface area contributed by atoms with Gasteiger partial charge in [0.2, 0.25) is 5.91 Å². The van der Waals surface area contributed by atoms with Gasteiger partial charge >= 0.3 is 5.97 Å². The molecule has 0 aliphatic rings. The van der Waals surface area contributed by atoms with Crippen molar-refractivity contribution in [2.45, 2.75) is 26.4 Å². The van der Waals surface area contributed by atoms with E-state index >= 15 is 0 Å². The Morgan fingerprint density at radius 2 is 1.52 bits per heavy atom. The zero-order chi connectivity index (χ0) is 19.6. The van der Waals surface area contributed by atoms with Crippen LogP contribution in [-0.4, -0.2) is 41.0 Å². The number of ether oxygens (including phenoxy) is 1. The minimum absolute atomic E-state index is 0.0243. The Morgan fingerprint density at radius 1 is 1.00 bits per heavy atom. The second-order valence-electron chi connectivity index (χ2n) is 6.64. The minimum atomic E-state index is -0.466. The highest BCUT2D eigenvalue weighted by Gasteiger charge is 2.22. The van der Waals surface area contributed by atoms with Gasteiger partial charge in [0.05, 0.1) is 18.1 Å². The topological polar surface area (TPSA) is 68.6 Å². The van der Waals surface area contributed by atoms with Gasteiger partial charge in [-0.1, -0.05) is 24.3 Å². The molecule has 3 rings (SSSR count). The van der Waals surface area contributed by atoms with E-state index in [1.165, 1.54) is 12.0 Å². The second kappa shape index (κ2) is 7.61. The van der Waals surface area contributed by atoms with Gasteiger partial charge in [-0.3, -0.25) is 14.4 Å². The molecule has 0 spiro atoms. The number of hydrogen-bond acceptors (Lipinski definition) is 4. The lowest BCUT2D eigenvalue weighted by Crippen LogP contribution is -2.42. The van der Waals surface area contributed by atoms with Crippen molar-refractivity contribution in [3.05, 3.63) is 58.8 Å². The van der Waals surface area contributed by atoms with Gasteiger partial charge in [0, 0.05) is 16.8 Å². The predicted octanol–water partition coefficient (Wildman–Crippen LogP) is 2.56. The summed E-state index contributed by atoms with van der Waals surface area (Å²) in [5.41, 5.74) is 1.33. The Bertz CT molecular complexity index is 1010. The smallest absolute Gasteiger partial charge is 0.325 e. The molecule has 1 amide bonds. The van der Waals surface area contributed by atoms with E-state index in [0.29, 0.717) is 21.8 Å². The number of amides is 1. The summed E-state index contributed by atoms with van der Waals surface area (Å²) in [7, 11) is 1.30. The molecule has 0 aliphatic heterocycles. The maximum absolute atomic E-state index is 13.0. The molecule has 6 nitrogen and oxygen atoms in total. The van der Waals surface area contributed by atoms with E-state index in [4.69, 9.17) is 4.74 Å². The van der Waals surface area contributed by atoms with Crippen molar-refractivity contribution in [2.24, 2.45) is 0 Å². The van der Waals surface area contributed by atoms with Crippen molar-refractivity contribution in [2.75, 3.05) is 13.7 Å². The average molecular weight is 366 g/mol. The van der Waals surface area contributed by atoms with Crippen molar-refractivity contribution in [3.63, 3.8) is 0 Å². The lowest BCUT2D eigenvalue weighted by atomic mass is 10.1. The number of methoxy groups -OCH3 is 1. The third kappa shape index (κ3) is 3.56. The van der Waals surface area contributed by atoms with E-state index in [2.05, 4.69) is 0 Å². The van der Waals surface area contributed by atoms with Crippen LogP contribution in [-0.2, 0) is 20.9 Å². The van der Waals surface area contributed by atoms with Crippen LogP contribution in [0.2, 0.25) is 0 Å². The van der Waals surface area contributed by atoms with Gasteiger partial charge in [-0.2, -0.15) is 0 Å². The predicted molar refractivity (Wildman–Crippen MR) is 105 cm³/mol. The fourth-order valence-electron chi connectivity index (χ4n) is 3.24. The minimum Gasteiger partial charge on any atom is -0.468 e. The number of esters is 1. The Hall–Kier alpha value is -3.15. The third-order valence-electron chi connectivity index (χ3n) is 4.64. The van der Waals surface area contributed by atoms with Crippen LogP contribution in [0.15, 0.2) is 53.3 Å². The van der Waals surface area contributed by atoms with Crippen LogP contribution < -0.4 is 5.43 Å². The summed E-state index contributed by atoms with van der Waals surface area (Å²) >= 11 is 0. The first-order valence-corrected chi connectivity index (χ1v) is 8.80. The Labute approximate surface area is 157 Å². The molecule has 1 aromatic heterocycles. The van der Waals surface area contributed by atoms with E-state index < -0.39 is 5.97 Å². The molecule has 1 heterocycles. The number of fused-ring (bicyclic) bond motifs is 2. The summed E-state index contributed by atoms with van der Waals surface area (Å²) in [6.07, 6.45) is 0. The van der Waals surface area contributed by atoms with Crippen molar-refractivity contribution in [3.8, 4) is 0 Å². The highest BCUT2D eigenvalue weighted by Crippen LogP contribution is 2.19. The van der Waals surface area contributed by atoms with Crippen molar-refractivity contribution in [1.82, 2.24) is 9.47 Å². The van der Waals surface area contributed by atoms with Gasteiger partial charge in [-0.05, 0) is 38.1 Å². The van der Waals surface area contributed by atoms with E-state index in [0.717, 1.165) is 0 Å². The largest absolute Gasteiger partial charge is 0.468 e. The molecule has 3 aromatic rings. The number of hydrogen-bond donors (Lipinski definition) is 0. The molecule has 27 heavy (non-hydrogen) atoms. The summed E-state index contributed by atoms with van der Waals surface area (Å²) < 4.78 is 6.54. The molecule has 0 bridgehead atoms. The van der Waals surface area contributed by atoms with E-state index in [-0.39, 0.29) is 30.5 Å². The number of carbonyl (C=O) groups excluding carboxylic acids is 2. The monoisotopic (exact) mass is 366 g/mol. The molecule has 0 atom stereocenters. The number of pyridine rings is 1. The fraction of sp³-hybridized carbons (Fsp3) is 0.286. The summed E-state index contributed by atoms with van der Waals surface area (Å²) in [4.78, 5) is 38.9. The number of rotatable bonds is 5.